The molecule has 3 aromatic heterocycles. The van der Waals surface area contributed by atoms with Gasteiger partial charge in [0.25, 0.3) is 5.56 Å². The Kier molecular flexibility index (Phi) is 5.16. The molecule has 5 rings (SSSR count). The topological polar surface area (TPSA) is 110 Å². The molecule has 2 aromatic carbocycles. The van der Waals surface area contributed by atoms with Crippen molar-refractivity contribution in [3.8, 4) is 5.69 Å². The van der Waals surface area contributed by atoms with Gasteiger partial charge in [0.15, 0.2) is 11.5 Å². The van der Waals surface area contributed by atoms with Gasteiger partial charge in [0.2, 0.25) is 0 Å². The van der Waals surface area contributed by atoms with E-state index in [0.29, 0.717) is 22.3 Å². The Hall–Kier alpha value is -4.01. The maximum atomic E-state index is 13.6. The number of nitrogens with two attached hydrogens (primary N) is 1. The number of aromatic nitrogens is 4. The SMILES string of the molecule is Cc1cccc2cc(C(C)NC(O)c3c(N)nn4cccnc34)n(-c3ccccc3)c(=O)c12. The lowest BCUT2D eigenvalue weighted by Gasteiger charge is -2.23. The fraction of sp³-hybridized carbons (Fsp3) is 0.160. The Morgan fingerprint density at radius 1 is 1.09 bits per heavy atom. The lowest BCUT2D eigenvalue weighted by atomic mass is 10.0. The van der Waals surface area contributed by atoms with Gasteiger partial charge in [-0.05, 0) is 49.1 Å². The van der Waals surface area contributed by atoms with E-state index >= 15 is 0 Å². The summed E-state index contributed by atoms with van der Waals surface area (Å²) in [5, 5.41) is 20.0. The van der Waals surface area contributed by atoms with Crippen molar-refractivity contribution < 1.29 is 5.11 Å². The molecule has 0 aliphatic rings. The van der Waals surface area contributed by atoms with Gasteiger partial charge in [-0.25, -0.2) is 9.50 Å². The molecule has 33 heavy (non-hydrogen) atoms. The number of para-hydroxylation sites is 1. The molecule has 3 heterocycles. The summed E-state index contributed by atoms with van der Waals surface area (Å²) in [6.45, 7) is 3.83. The average molecular weight is 441 g/mol. The van der Waals surface area contributed by atoms with Crippen LogP contribution in [0, 0.1) is 6.92 Å². The molecular formula is C25H24N6O2. The second-order valence-corrected chi connectivity index (χ2v) is 8.06. The molecule has 4 N–H and O–H groups in total. The fourth-order valence-corrected chi connectivity index (χ4v) is 4.31. The predicted molar refractivity (Wildman–Crippen MR) is 128 cm³/mol. The number of benzene rings is 2. The van der Waals surface area contributed by atoms with Crippen molar-refractivity contribution in [2.75, 3.05) is 5.73 Å². The van der Waals surface area contributed by atoms with Gasteiger partial charge in [-0.2, -0.15) is 0 Å². The number of aliphatic hydroxyl groups is 1. The predicted octanol–water partition coefficient (Wildman–Crippen LogP) is 3.27. The Bertz CT molecular complexity index is 1520. The monoisotopic (exact) mass is 440 g/mol. The van der Waals surface area contributed by atoms with Crippen molar-refractivity contribution in [1.29, 1.82) is 0 Å². The zero-order valence-electron chi connectivity index (χ0n) is 18.3. The number of nitrogens with zero attached hydrogens (tertiary/aromatic N) is 4. The second kappa shape index (κ2) is 8.16. The molecule has 2 atom stereocenters. The van der Waals surface area contributed by atoms with E-state index in [4.69, 9.17) is 5.73 Å². The molecule has 0 aliphatic heterocycles. The summed E-state index contributed by atoms with van der Waals surface area (Å²) in [6, 6.07) is 18.6. The van der Waals surface area contributed by atoms with Crippen LogP contribution in [0.4, 0.5) is 5.82 Å². The lowest BCUT2D eigenvalue weighted by Crippen LogP contribution is -2.31. The first-order chi connectivity index (χ1) is 16.0. The van der Waals surface area contributed by atoms with Gasteiger partial charge in [-0.15, -0.1) is 5.10 Å². The van der Waals surface area contributed by atoms with E-state index in [1.54, 1.807) is 23.0 Å². The summed E-state index contributed by atoms with van der Waals surface area (Å²) < 4.78 is 3.22. The molecule has 0 saturated carbocycles. The van der Waals surface area contributed by atoms with E-state index in [9.17, 15) is 9.90 Å². The lowest BCUT2D eigenvalue weighted by molar-refractivity contribution is 0.127. The number of anilines is 1. The van der Waals surface area contributed by atoms with Gasteiger partial charge in [-0.1, -0.05) is 36.4 Å². The number of nitrogens with one attached hydrogen (secondary N) is 1. The number of pyridine rings is 1. The minimum absolute atomic E-state index is 0.105. The van der Waals surface area contributed by atoms with Crippen LogP contribution in [0.2, 0.25) is 0 Å². The molecule has 5 aromatic rings. The van der Waals surface area contributed by atoms with Crippen LogP contribution < -0.4 is 16.6 Å². The highest BCUT2D eigenvalue weighted by molar-refractivity contribution is 5.85. The van der Waals surface area contributed by atoms with Crippen LogP contribution in [-0.4, -0.2) is 24.3 Å². The molecule has 8 nitrogen and oxygen atoms in total. The van der Waals surface area contributed by atoms with Crippen LogP contribution in [0.15, 0.2) is 77.9 Å². The highest BCUT2D eigenvalue weighted by Crippen LogP contribution is 2.27. The number of hydrogen-bond acceptors (Lipinski definition) is 6. The van der Waals surface area contributed by atoms with Gasteiger partial charge < -0.3 is 10.8 Å². The van der Waals surface area contributed by atoms with Crippen LogP contribution in [0.5, 0.6) is 0 Å². The van der Waals surface area contributed by atoms with E-state index in [2.05, 4.69) is 15.4 Å². The number of fused-ring (bicyclic) bond motifs is 2. The Balaban J connectivity index is 1.63. The summed E-state index contributed by atoms with van der Waals surface area (Å²) in [4.78, 5) is 17.9. The van der Waals surface area contributed by atoms with Crippen molar-refractivity contribution in [1.82, 2.24) is 24.5 Å². The summed E-state index contributed by atoms with van der Waals surface area (Å²) in [7, 11) is 0. The van der Waals surface area contributed by atoms with E-state index < -0.39 is 12.3 Å². The average Bonchev–Trinajstić information content (AvgIpc) is 3.15. The number of hydrogen-bond donors (Lipinski definition) is 3. The molecule has 0 fully saturated rings. The molecule has 0 spiro atoms. The highest BCUT2D eigenvalue weighted by atomic mass is 16.3. The van der Waals surface area contributed by atoms with Crippen molar-refractivity contribution in [2.45, 2.75) is 26.1 Å². The number of nitrogen functional groups attached to an aromatic ring is 1. The number of rotatable bonds is 5. The van der Waals surface area contributed by atoms with E-state index in [1.807, 2.05) is 68.4 Å². The smallest absolute Gasteiger partial charge is 0.263 e. The summed E-state index contributed by atoms with van der Waals surface area (Å²) in [5.74, 6) is 0.190. The maximum Gasteiger partial charge on any atom is 0.263 e. The first-order valence-corrected chi connectivity index (χ1v) is 10.7. The molecule has 2 unspecified atom stereocenters. The molecule has 0 saturated heterocycles. The Labute approximate surface area is 189 Å². The molecule has 0 bridgehead atoms. The molecule has 8 heteroatoms. The molecular weight excluding hydrogens is 416 g/mol. The normalized spacial score (nSPS) is 13.4. The molecule has 0 amide bonds. The largest absolute Gasteiger partial charge is 0.382 e. The minimum atomic E-state index is -1.14. The molecule has 0 radical (unpaired) electrons. The number of aryl methyl sites for hydroxylation is 1. The quantitative estimate of drug-likeness (QED) is 0.362. The Morgan fingerprint density at radius 2 is 1.88 bits per heavy atom. The van der Waals surface area contributed by atoms with Crippen LogP contribution in [0.3, 0.4) is 0 Å². The third-order valence-corrected chi connectivity index (χ3v) is 5.88. The fourth-order valence-electron chi connectivity index (χ4n) is 4.31. The van der Waals surface area contributed by atoms with Crippen LogP contribution >= 0.6 is 0 Å². The molecule has 0 aliphatic carbocycles. The molecule has 166 valence electrons. The number of aliphatic hydroxyl groups excluding tert-OH is 1. The van der Waals surface area contributed by atoms with Crippen LogP contribution in [0.1, 0.15) is 36.0 Å². The van der Waals surface area contributed by atoms with E-state index in [-0.39, 0.29) is 11.4 Å². The van der Waals surface area contributed by atoms with Crippen LogP contribution in [-0.2, 0) is 0 Å². The van der Waals surface area contributed by atoms with Gasteiger partial charge in [0.1, 0.15) is 6.23 Å². The van der Waals surface area contributed by atoms with Gasteiger partial charge in [0.05, 0.1) is 10.9 Å². The van der Waals surface area contributed by atoms with E-state index in [0.717, 1.165) is 16.6 Å². The minimum Gasteiger partial charge on any atom is -0.382 e. The van der Waals surface area contributed by atoms with Crippen LogP contribution in [0.25, 0.3) is 22.1 Å². The maximum absolute atomic E-state index is 13.6. The zero-order chi connectivity index (χ0) is 23.1. The second-order valence-electron chi connectivity index (χ2n) is 8.06. The first-order valence-electron chi connectivity index (χ1n) is 10.7. The third-order valence-electron chi connectivity index (χ3n) is 5.88. The van der Waals surface area contributed by atoms with Crippen molar-refractivity contribution in [3.05, 3.63) is 100 Å². The van der Waals surface area contributed by atoms with Gasteiger partial charge in [-0.3, -0.25) is 14.7 Å². The highest BCUT2D eigenvalue weighted by Gasteiger charge is 2.24. The van der Waals surface area contributed by atoms with Gasteiger partial charge in [0, 0.05) is 29.8 Å². The third kappa shape index (κ3) is 3.55. The summed E-state index contributed by atoms with van der Waals surface area (Å²) in [6.07, 6.45) is 2.20. The van der Waals surface area contributed by atoms with Gasteiger partial charge >= 0.3 is 0 Å². The summed E-state index contributed by atoms with van der Waals surface area (Å²) >= 11 is 0. The zero-order valence-corrected chi connectivity index (χ0v) is 18.3. The standard InChI is InChI=1S/C25H24N6O2/c1-15-8-6-9-17-14-19(31(25(33)20(15)17)18-10-4-3-5-11-18)16(2)28-24(32)21-22(26)29-30-13-7-12-27-23(21)30/h3-14,16,24,28,32H,1-2H3,(H2,26,29). The first kappa shape index (κ1) is 20.9. The van der Waals surface area contributed by atoms with Crippen molar-refractivity contribution in [2.24, 2.45) is 0 Å². The van der Waals surface area contributed by atoms with E-state index in [1.165, 1.54) is 4.52 Å². The Morgan fingerprint density at radius 3 is 2.67 bits per heavy atom. The van der Waals surface area contributed by atoms with Crippen molar-refractivity contribution in [3.63, 3.8) is 0 Å². The summed E-state index contributed by atoms with van der Waals surface area (Å²) in [5.41, 5.74) is 9.22. The van der Waals surface area contributed by atoms with Crippen molar-refractivity contribution >= 4 is 22.2 Å².